The van der Waals surface area contributed by atoms with E-state index in [1.165, 1.54) is 25.3 Å². The minimum Gasteiger partial charge on any atom is -0.354 e. The average molecular weight is 382 g/mol. The quantitative estimate of drug-likeness (QED) is 0.614. The van der Waals surface area contributed by atoms with Crippen LogP contribution in [-0.4, -0.2) is 16.8 Å². The number of amides is 2. The second-order valence-corrected chi connectivity index (χ2v) is 5.90. The maximum absolute atomic E-state index is 13.2. The Kier molecular flexibility index (Phi) is 5.59. The Morgan fingerprint density at radius 1 is 0.786 bits per heavy atom. The highest BCUT2D eigenvalue weighted by Gasteiger charge is 2.09. The van der Waals surface area contributed by atoms with Crippen molar-refractivity contribution in [2.24, 2.45) is 0 Å². The Bertz CT molecular complexity index is 1010. The molecule has 0 unspecified atom stereocenters. The monoisotopic (exact) mass is 382 g/mol. The summed E-state index contributed by atoms with van der Waals surface area (Å²) in [4.78, 5) is 27.3. The van der Waals surface area contributed by atoms with Gasteiger partial charge in [-0.25, -0.2) is 13.8 Å². The summed E-state index contributed by atoms with van der Waals surface area (Å²) in [6.07, 6.45) is 1.41. The lowest BCUT2D eigenvalue weighted by Crippen LogP contribution is -2.13. The van der Waals surface area contributed by atoms with Gasteiger partial charge in [0.05, 0.1) is 11.9 Å². The van der Waals surface area contributed by atoms with Crippen LogP contribution in [0.15, 0.2) is 60.8 Å². The summed E-state index contributed by atoms with van der Waals surface area (Å²) in [5.74, 6) is -2.48. The number of benzene rings is 2. The summed E-state index contributed by atoms with van der Waals surface area (Å²) >= 11 is 0. The molecule has 3 rings (SSSR count). The first-order chi connectivity index (χ1) is 13.4. The van der Waals surface area contributed by atoms with Crippen LogP contribution in [-0.2, 0) is 4.79 Å². The van der Waals surface area contributed by atoms with Gasteiger partial charge in [0.25, 0.3) is 5.91 Å². The molecule has 1 aromatic heterocycles. The predicted octanol–water partition coefficient (Wildman–Crippen LogP) is 4.31. The number of hydrogen-bond donors (Lipinski definition) is 3. The number of carbonyl (C=O) groups is 2. The number of carbonyl (C=O) groups excluding carboxylic acids is 2. The van der Waals surface area contributed by atoms with E-state index >= 15 is 0 Å². The standard InChI is InChI=1S/C20H16F2N4O2/c1-12(27)24-13-2-4-14(5-3-13)26-20(28)19-9-7-16(11-23-19)25-15-6-8-17(21)18(22)10-15/h2-11,25H,1H3,(H,24,27)(H,26,28). The Hall–Kier alpha value is -3.81. The van der Waals surface area contributed by atoms with E-state index in [1.54, 1.807) is 30.3 Å². The molecule has 6 nitrogen and oxygen atoms in total. The van der Waals surface area contributed by atoms with E-state index < -0.39 is 17.5 Å². The molecular formula is C20H16F2N4O2. The van der Waals surface area contributed by atoms with Crippen LogP contribution in [0.1, 0.15) is 17.4 Å². The van der Waals surface area contributed by atoms with Crippen LogP contribution in [0.5, 0.6) is 0 Å². The van der Waals surface area contributed by atoms with E-state index in [0.29, 0.717) is 22.7 Å². The first-order valence-electron chi connectivity index (χ1n) is 8.28. The number of anilines is 4. The second-order valence-electron chi connectivity index (χ2n) is 5.90. The number of hydrogen-bond acceptors (Lipinski definition) is 4. The highest BCUT2D eigenvalue weighted by Crippen LogP contribution is 2.19. The van der Waals surface area contributed by atoms with Crippen molar-refractivity contribution in [3.05, 3.63) is 78.1 Å². The highest BCUT2D eigenvalue weighted by molar-refractivity contribution is 6.03. The number of halogens is 2. The van der Waals surface area contributed by atoms with Gasteiger partial charge in [-0.3, -0.25) is 9.59 Å². The van der Waals surface area contributed by atoms with Gasteiger partial charge in [0, 0.05) is 30.1 Å². The third-order valence-corrected chi connectivity index (χ3v) is 3.67. The fourth-order valence-electron chi connectivity index (χ4n) is 2.38. The third-order valence-electron chi connectivity index (χ3n) is 3.67. The van der Waals surface area contributed by atoms with Crippen LogP contribution < -0.4 is 16.0 Å². The summed E-state index contributed by atoms with van der Waals surface area (Å²) in [7, 11) is 0. The zero-order valence-corrected chi connectivity index (χ0v) is 14.8. The van der Waals surface area contributed by atoms with Gasteiger partial charge < -0.3 is 16.0 Å². The minimum absolute atomic E-state index is 0.182. The van der Waals surface area contributed by atoms with Gasteiger partial charge in [0.15, 0.2) is 11.6 Å². The molecule has 0 aliphatic carbocycles. The molecule has 0 saturated carbocycles. The number of nitrogens with zero attached hydrogens (tertiary/aromatic N) is 1. The lowest BCUT2D eigenvalue weighted by molar-refractivity contribution is -0.114. The number of pyridine rings is 1. The first kappa shape index (κ1) is 19.0. The molecule has 3 N–H and O–H groups in total. The molecule has 2 aromatic carbocycles. The van der Waals surface area contributed by atoms with E-state index in [4.69, 9.17) is 0 Å². The normalized spacial score (nSPS) is 10.2. The van der Waals surface area contributed by atoms with E-state index in [2.05, 4.69) is 20.9 Å². The number of rotatable bonds is 5. The van der Waals surface area contributed by atoms with Gasteiger partial charge in [-0.15, -0.1) is 0 Å². The molecule has 0 radical (unpaired) electrons. The van der Waals surface area contributed by atoms with E-state index in [-0.39, 0.29) is 11.6 Å². The molecule has 8 heteroatoms. The molecule has 0 spiro atoms. The number of nitrogens with one attached hydrogen (secondary N) is 3. The molecule has 0 atom stereocenters. The van der Waals surface area contributed by atoms with Gasteiger partial charge >= 0.3 is 0 Å². The molecule has 2 amide bonds. The Labute approximate surface area is 159 Å². The molecule has 1 heterocycles. The van der Waals surface area contributed by atoms with Crippen LogP contribution >= 0.6 is 0 Å². The van der Waals surface area contributed by atoms with Crippen molar-refractivity contribution in [3.63, 3.8) is 0 Å². The maximum Gasteiger partial charge on any atom is 0.274 e. The van der Waals surface area contributed by atoms with Crippen LogP contribution in [0.2, 0.25) is 0 Å². The van der Waals surface area contributed by atoms with Crippen LogP contribution in [0, 0.1) is 11.6 Å². The minimum atomic E-state index is -0.960. The molecule has 0 fully saturated rings. The van der Waals surface area contributed by atoms with Gasteiger partial charge in [-0.2, -0.15) is 0 Å². The topological polar surface area (TPSA) is 83.1 Å². The van der Waals surface area contributed by atoms with Crippen LogP contribution in [0.4, 0.5) is 31.5 Å². The van der Waals surface area contributed by atoms with E-state index in [9.17, 15) is 18.4 Å². The summed E-state index contributed by atoms with van der Waals surface area (Å²) in [6.45, 7) is 1.41. The third kappa shape index (κ3) is 4.88. The van der Waals surface area contributed by atoms with E-state index in [0.717, 1.165) is 12.1 Å². The number of aromatic nitrogens is 1. The van der Waals surface area contributed by atoms with Crippen molar-refractivity contribution in [3.8, 4) is 0 Å². The lowest BCUT2D eigenvalue weighted by atomic mass is 10.2. The highest BCUT2D eigenvalue weighted by atomic mass is 19.2. The smallest absolute Gasteiger partial charge is 0.274 e. The van der Waals surface area contributed by atoms with Crippen molar-refractivity contribution in [1.82, 2.24) is 4.98 Å². The fraction of sp³-hybridized carbons (Fsp3) is 0.0500. The maximum atomic E-state index is 13.2. The molecule has 0 saturated heterocycles. The van der Waals surface area contributed by atoms with Gasteiger partial charge in [-0.1, -0.05) is 0 Å². The largest absolute Gasteiger partial charge is 0.354 e. The lowest BCUT2D eigenvalue weighted by Gasteiger charge is -2.09. The van der Waals surface area contributed by atoms with Gasteiger partial charge in [0.1, 0.15) is 5.69 Å². The van der Waals surface area contributed by atoms with Crippen molar-refractivity contribution >= 4 is 34.6 Å². The molecule has 0 bridgehead atoms. The molecule has 0 aliphatic rings. The molecular weight excluding hydrogens is 366 g/mol. The van der Waals surface area contributed by atoms with Crippen molar-refractivity contribution in [2.45, 2.75) is 6.92 Å². The zero-order chi connectivity index (χ0) is 20.1. The second kappa shape index (κ2) is 8.26. The first-order valence-corrected chi connectivity index (χ1v) is 8.28. The van der Waals surface area contributed by atoms with Gasteiger partial charge in [0.2, 0.25) is 5.91 Å². The van der Waals surface area contributed by atoms with Crippen molar-refractivity contribution in [1.29, 1.82) is 0 Å². The summed E-state index contributed by atoms with van der Waals surface area (Å²) in [5, 5.41) is 8.20. The SMILES string of the molecule is CC(=O)Nc1ccc(NC(=O)c2ccc(Nc3ccc(F)c(F)c3)cn2)cc1. The average Bonchev–Trinajstić information content (AvgIpc) is 2.66. The van der Waals surface area contributed by atoms with Crippen molar-refractivity contribution in [2.75, 3.05) is 16.0 Å². The summed E-state index contributed by atoms with van der Waals surface area (Å²) < 4.78 is 26.2. The van der Waals surface area contributed by atoms with Crippen LogP contribution in [0.3, 0.4) is 0 Å². The van der Waals surface area contributed by atoms with Gasteiger partial charge in [-0.05, 0) is 48.5 Å². The van der Waals surface area contributed by atoms with Crippen molar-refractivity contribution < 1.29 is 18.4 Å². The Balaban J connectivity index is 1.63. The molecule has 28 heavy (non-hydrogen) atoms. The summed E-state index contributed by atoms with van der Waals surface area (Å²) in [5.41, 5.74) is 2.22. The molecule has 142 valence electrons. The van der Waals surface area contributed by atoms with Crippen LogP contribution in [0.25, 0.3) is 0 Å². The predicted molar refractivity (Wildman–Crippen MR) is 103 cm³/mol. The van der Waals surface area contributed by atoms with E-state index in [1.807, 2.05) is 0 Å². The molecule has 3 aromatic rings. The Morgan fingerprint density at radius 3 is 1.96 bits per heavy atom. The molecule has 0 aliphatic heterocycles. The Morgan fingerprint density at radius 2 is 1.39 bits per heavy atom. The fourth-order valence-corrected chi connectivity index (χ4v) is 2.38. The zero-order valence-electron chi connectivity index (χ0n) is 14.8. The summed E-state index contributed by atoms with van der Waals surface area (Å²) in [6, 6.07) is 13.2.